The van der Waals surface area contributed by atoms with E-state index in [1.54, 1.807) is 12.1 Å². The average molecular weight is 363 g/mol. The van der Waals surface area contributed by atoms with Gasteiger partial charge in [0.1, 0.15) is 23.2 Å². The number of carbonyl (C=O) groups excluding carboxylic acids is 1. The van der Waals surface area contributed by atoms with Crippen LogP contribution in [-0.4, -0.2) is 5.78 Å². The van der Waals surface area contributed by atoms with Crippen LogP contribution in [0.4, 0.5) is 0 Å². The lowest BCUT2D eigenvalue weighted by Crippen LogP contribution is -2.33. The van der Waals surface area contributed by atoms with Gasteiger partial charge in [-0.05, 0) is 33.5 Å². The van der Waals surface area contributed by atoms with Crippen LogP contribution in [0.3, 0.4) is 0 Å². The number of ketones is 1. The van der Waals surface area contributed by atoms with E-state index in [1.165, 1.54) is 0 Å². The molecule has 1 aromatic rings. The van der Waals surface area contributed by atoms with Crippen molar-refractivity contribution < 1.29 is 13.9 Å². The molecule has 1 aliphatic carbocycles. The van der Waals surface area contributed by atoms with E-state index in [4.69, 9.17) is 14.9 Å². The number of hydrogen-bond donors (Lipinski definition) is 1. The van der Waals surface area contributed by atoms with Gasteiger partial charge in [0.15, 0.2) is 10.5 Å². The zero-order chi connectivity index (χ0) is 16.1. The standard InChI is InChI=1S/C16H15BrN2O3/c1-16(2)5-9(20)14-11(6-16)22-15(19)8(7-18)13(14)10-3-4-12(17)21-10/h3-4,13H,5-6,19H2,1-2H3/t13-/m1/s1. The molecule has 0 spiro atoms. The van der Waals surface area contributed by atoms with Crippen molar-refractivity contribution in [1.82, 2.24) is 0 Å². The molecule has 2 heterocycles. The molecule has 2 N–H and O–H groups in total. The number of halogens is 1. The Morgan fingerprint density at radius 3 is 2.73 bits per heavy atom. The van der Waals surface area contributed by atoms with Crippen LogP contribution in [0.2, 0.25) is 0 Å². The molecule has 0 saturated carbocycles. The Bertz CT molecular complexity index is 765. The summed E-state index contributed by atoms with van der Waals surface area (Å²) in [6.07, 6.45) is 1.01. The number of furan rings is 1. The van der Waals surface area contributed by atoms with Gasteiger partial charge in [0.25, 0.3) is 0 Å². The van der Waals surface area contributed by atoms with Crippen molar-refractivity contribution in [2.24, 2.45) is 11.1 Å². The fourth-order valence-corrected chi connectivity index (χ4v) is 3.37. The summed E-state index contributed by atoms with van der Waals surface area (Å²) in [4.78, 5) is 12.6. The van der Waals surface area contributed by atoms with Crippen molar-refractivity contribution in [3.05, 3.63) is 45.4 Å². The minimum atomic E-state index is -0.594. The first-order valence-corrected chi connectivity index (χ1v) is 7.71. The van der Waals surface area contributed by atoms with E-state index in [9.17, 15) is 10.1 Å². The molecule has 22 heavy (non-hydrogen) atoms. The third-order valence-electron chi connectivity index (χ3n) is 3.95. The van der Waals surface area contributed by atoms with E-state index >= 15 is 0 Å². The van der Waals surface area contributed by atoms with Gasteiger partial charge in [0.05, 0.1) is 5.92 Å². The highest BCUT2D eigenvalue weighted by molar-refractivity contribution is 9.10. The Kier molecular flexibility index (Phi) is 3.41. The lowest BCUT2D eigenvalue weighted by molar-refractivity contribution is -0.119. The molecule has 0 bridgehead atoms. The average Bonchev–Trinajstić information content (AvgIpc) is 2.82. The van der Waals surface area contributed by atoms with Gasteiger partial charge in [-0.25, -0.2) is 0 Å². The van der Waals surface area contributed by atoms with Crippen LogP contribution in [0.5, 0.6) is 0 Å². The van der Waals surface area contributed by atoms with Crippen molar-refractivity contribution in [2.75, 3.05) is 0 Å². The van der Waals surface area contributed by atoms with Gasteiger partial charge in [-0.3, -0.25) is 4.79 Å². The van der Waals surface area contributed by atoms with E-state index in [1.807, 2.05) is 13.8 Å². The molecule has 0 saturated heterocycles. The summed E-state index contributed by atoms with van der Waals surface area (Å²) in [5.74, 6) is 0.488. The molecule has 5 nitrogen and oxygen atoms in total. The van der Waals surface area contributed by atoms with Gasteiger partial charge in [-0.15, -0.1) is 0 Å². The van der Waals surface area contributed by atoms with Crippen LogP contribution in [0, 0.1) is 16.7 Å². The number of hydrogen-bond acceptors (Lipinski definition) is 5. The van der Waals surface area contributed by atoms with Gasteiger partial charge in [0.2, 0.25) is 5.88 Å². The quantitative estimate of drug-likeness (QED) is 0.825. The smallest absolute Gasteiger partial charge is 0.205 e. The highest BCUT2D eigenvalue weighted by Crippen LogP contribution is 2.48. The second-order valence-corrected chi connectivity index (χ2v) is 7.13. The zero-order valence-electron chi connectivity index (χ0n) is 12.3. The van der Waals surface area contributed by atoms with Crippen LogP contribution in [0.1, 0.15) is 38.4 Å². The van der Waals surface area contributed by atoms with Crippen LogP contribution >= 0.6 is 15.9 Å². The summed E-state index contributed by atoms with van der Waals surface area (Å²) in [7, 11) is 0. The van der Waals surface area contributed by atoms with Crippen molar-refractivity contribution >= 4 is 21.7 Å². The minimum Gasteiger partial charge on any atom is -0.453 e. The molecular formula is C16H15BrN2O3. The molecule has 2 aliphatic rings. The van der Waals surface area contributed by atoms with Crippen LogP contribution in [0.25, 0.3) is 0 Å². The molecule has 114 valence electrons. The lowest BCUT2D eigenvalue weighted by atomic mass is 9.71. The number of carbonyl (C=O) groups is 1. The molecule has 1 atom stereocenters. The minimum absolute atomic E-state index is 0.0241. The predicted octanol–water partition coefficient (Wildman–Crippen LogP) is 3.49. The Morgan fingerprint density at radius 2 is 2.14 bits per heavy atom. The molecule has 0 radical (unpaired) electrons. The maximum absolute atomic E-state index is 12.6. The topological polar surface area (TPSA) is 89.2 Å². The van der Waals surface area contributed by atoms with E-state index < -0.39 is 5.92 Å². The summed E-state index contributed by atoms with van der Waals surface area (Å²) >= 11 is 3.25. The highest BCUT2D eigenvalue weighted by atomic mass is 79.9. The third kappa shape index (κ3) is 2.35. The summed E-state index contributed by atoms with van der Waals surface area (Å²) in [6, 6.07) is 5.52. The SMILES string of the molecule is CC1(C)CC(=O)C2=C(C1)OC(N)=C(C#N)[C@@H]2c1ccc(Br)o1. The van der Waals surface area contributed by atoms with E-state index in [2.05, 4.69) is 22.0 Å². The Balaban J connectivity index is 2.17. The number of nitriles is 1. The highest BCUT2D eigenvalue weighted by Gasteiger charge is 2.44. The van der Waals surface area contributed by atoms with E-state index in [0.717, 1.165) is 0 Å². The number of ether oxygens (including phenoxy) is 1. The number of rotatable bonds is 1. The third-order valence-corrected chi connectivity index (χ3v) is 4.38. The molecule has 6 heteroatoms. The maximum Gasteiger partial charge on any atom is 0.205 e. The molecule has 3 rings (SSSR count). The first kappa shape index (κ1) is 14.9. The summed E-state index contributed by atoms with van der Waals surface area (Å²) < 4.78 is 11.7. The lowest BCUT2D eigenvalue weighted by Gasteiger charge is -2.36. The normalized spacial score (nSPS) is 23.9. The van der Waals surface area contributed by atoms with Crippen molar-refractivity contribution in [3.63, 3.8) is 0 Å². The van der Waals surface area contributed by atoms with Crippen LogP contribution in [0.15, 0.2) is 44.0 Å². The second-order valence-electron chi connectivity index (χ2n) is 6.34. The number of nitrogens with zero attached hydrogens (tertiary/aromatic N) is 1. The summed E-state index contributed by atoms with van der Waals surface area (Å²) in [5, 5.41) is 9.42. The number of Topliss-reactive ketones (excluding diaryl/α,β-unsaturated/α-hetero) is 1. The molecule has 0 unspecified atom stereocenters. The monoisotopic (exact) mass is 362 g/mol. The van der Waals surface area contributed by atoms with Crippen LogP contribution in [-0.2, 0) is 9.53 Å². The maximum atomic E-state index is 12.6. The number of allylic oxidation sites excluding steroid dienone is 3. The number of nitrogens with two attached hydrogens (primary N) is 1. The van der Waals surface area contributed by atoms with Crippen molar-refractivity contribution in [3.8, 4) is 6.07 Å². The summed E-state index contributed by atoms with van der Waals surface area (Å²) in [5.41, 5.74) is 6.42. The molecule has 1 aromatic heterocycles. The van der Waals surface area contributed by atoms with Crippen molar-refractivity contribution in [2.45, 2.75) is 32.6 Å². The first-order chi connectivity index (χ1) is 10.3. The van der Waals surface area contributed by atoms with Crippen molar-refractivity contribution in [1.29, 1.82) is 5.26 Å². The fraction of sp³-hybridized carbons (Fsp3) is 0.375. The van der Waals surface area contributed by atoms with Gasteiger partial charge >= 0.3 is 0 Å². The first-order valence-electron chi connectivity index (χ1n) is 6.91. The fourth-order valence-electron chi connectivity index (χ4n) is 3.05. The van der Waals surface area contributed by atoms with Gasteiger partial charge < -0.3 is 14.9 Å². The van der Waals surface area contributed by atoms with E-state index in [-0.39, 0.29) is 22.7 Å². The second kappa shape index (κ2) is 5.03. The molecule has 0 aromatic carbocycles. The predicted molar refractivity (Wildman–Crippen MR) is 82.1 cm³/mol. The Labute approximate surface area is 136 Å². The van der Waals surface area contributed by atoms with Gasteiger partial charge in [0, 0.05) is 18.4 Å². The molecule has 1 aliphatic heterocycles. The Morgan fingerprint density at radius 1 is 1.41 bits per heavy atom. The molecule has 0 fully saturated rings. The van der Waals surface area contributed by atoms with Gasteiger partial charge in [-0.2, -0.15) is 5.26 Å². The van der Waals surface area contributed by atoms with E-state index in [0.29, 0.717) is 34.6 Å². The largest absolute Gasteiger partial charge is 0.453 e. The zero-order valence-corrected chi connectivity index (χ0v) is 13.9. The van der Waals surface area contributed by atoms with Crippen LogP contribution < -0.4 is 5.73 Å². The molecular weight excluding hydrogens is 348 g/mol. The Hall–Kier alpha value is -2.00. The molecule has 0 amide bonds. The van der Waals surface area contributed by atoms with Gasteiger partial charge in [-0.1, -0.05) is 13.8 Å². The summed E-state index contributed by atoms with van der Waals surface area (Å²) in [6.45, 7) is 4.02.